The van der Waals surface area contributed by atoms with Crippen molar-refractivity contribution in [1.82, 2.24) is 20.4 Å². The molecule has 1 aromatic heterocycles. The van der Waals surface area contributed by atoms with Crippen LogP contribution in [0.5, 0.6) is 0 Å². The number of carbonyl (C=O) groups is 2. The van der Waals surface area contributed by atoms with E-state index in [1.165, 1.54) is 49.4 Å². The Balaban J connectivity index is 1.55. The van der Waals surface area contributed by atoms with Gasteiger partial charge in [0.2, 0.25) is 11.7 Å². The van der Waals surface area contributed by atoms with E-state index in [1.54, 1.807) is 6.07 Å². The van der Waals surface area contributed by atoms with Gasteiger partial charge < -0.3 is 9.84 Å². The highest BCUT2D eigenvalue weighted by atomic mass is 19.1. The topological polar surface area (TPSA) is 131 Å². The number of non-ortho nitro benzene ring substituents is 1. The van der Waals surface area contributed by atoms with Gasteiger partial charge in [0.05, 0.1) is 4.92 Å². The fraction of sp³-hybridized carbons (Fsp3) is 0.158. The molecule has 1 N–H and O–H groups in total. The van der Waals surface area contributed by atoms with E-state index in [1.807, 2.05) is 0 Å². The molecule has 0 spiro atoms. The highest BCUT2D eigenvalue weighted by Gasteiger charge is 2.50. The number of carbonyl (C=O) groups excluding carboxylic acids is 2. The lowest BCUT2D eigenvalue weighted by Crippen LogP contribution is -2.41. The zero-order valence-corrected chi connectivity index (χ0v) is 15.5. The Labute approximate surface area is 168 Å². The molecule has 0 aliphatic carbocycles. The fourth-order valence-electron chi connectivity index (χ4n) is 3.19. The zero-order valence-electron chi connectivity index (χ0n) is 15.5. The van der Waals surface area contributed by atoms with Crippen molar-refractivity contribution < 1.29 is 23.4 Å². The van der Waals surface area contributed by atoms with Gasteiger partial charge in [-0.3, -0.25) is 19.8 Å². The summed E-state index contributed by atoms with van der Waals surface area (Å²) in [5.74, 6) is -1.16. The number of nitro benzene ring substituents is 1. The number of hydrogen-bond acceptors (Lipinski definition) is 7. The monoisotopic (exact) mass is 411 g/mol. The summed E-state index contributed by atoms with van der Waals surface area (Å²) in [5, 5.41) is 17.0. The summed E-state index contributed by atoms with van der Waals surface area (Å²) in [6.07, 6.45) is 0. The van der Waals surface area contributed by atoms with E-state index in [9.17, 15) is 24.1 Å². The molecular formula is C19H14FN5O5. The van der Waals surface area contributed by atoms with Crippen LogP contribution in [0.25, 0.3) is 11.4 Å². The smallest absolute Gasteiger partial charge is 0.325 e. The van der Waals surface area contributed by atoms with Gasteiger partial charge in [-0.25, -0.2) is 9.18 Å². The third kappa shape index (κ3) is 3.15. The summed E-state index contributed by atoms with van der Waals surface area (Å²) in [6, 6.07) is 10.5. The Morgan fingerprint density at radius 2 is 1.90 bits per heavy atom. The predicted molar refractivity (Wildman–Crippen MR) is 99.2 cm³/mol. The number of urea groups is 1. The summed E-state index contributed by atoms with van der Waals surface area (Å²) in [7, 11) is 0. The number of nitrogens with zero attached hydrogens (tertiary/aromatic N) is 4. The van der Waals surface area contributed by atoms with Gasteiger partial charge in [0, 0.05) is 23.3 Å². The van der Waals surface area contributed by atoms with Crippen molar-refractivity contribution >= 4 is 17.6 Å². The summed E-state index contributed by atoms with van der Waals surface area (Å²) in [5.41, 5.74) is -1.15. The molecule has 2 aromatic carbocycles. The van der Waals surface area contributed by atoms with E-state index in [4.69, 9.17) is 4.52 Å². The molecule has 1 aliphatic heterocycles. The van der Waals surface area contributed by atoms with Gasteiger partial charge in [0.25, 0.3) is 11.6 Å². The van der Waals surface area contributed by atoms with E-state index in [-0.39, 0.29) is 29.5 Å². The second kappa shape index (κ2) is 7.03. The van der Waals surface area contributed by atoms with E-state index < -0.39 is 28.2 Å². The van der Waals surface area contributed by atoms with Crippen molar-refractivity contribution in [2.75, 3.05) is 0 Å². The van der Waals surface area contributed by atoms with Gasteiger partial charge in [0.1, 0.15) is 17.9 Å². The number of nitrogens with one attached hydrogen (secondary N) is 1. The highest BCUT2D eigenvalue weighted by molar-refractivity contribution is 6.07. The molecule has 30 heavy (non-hydrogen) atoms. The maximum atomic E-state index is 14.2. The minimum absolute atomic E-state index is 0.0235. The number of hydrogen-bond donors (Lipinski definition) is 1. The number of halogens is 1. The van der Waals surface area contributed by atoms with Crippen LogP contribution >= 0.6 is 0 Å². The minimum Gasteiger partial charge on any atom is -0.337 e. The molecular weight excluding hydrogens is 397 g/mol. The van der Waals surface area contributed by atoms with Gasteiger partial charge in [-0.05, 0) is 25.1 Å². The van der Waals surface area contributed by atoms with E-state index in [0.717, 1.165) is 4.90 Å². The summed E-state index contributed by atoms with van der Waals surface area (Å²) >= 11 is 0. The molecule has 0 radical (unpaired) electrons. The molecule has 1 atom stereocenters. The standard InChI is InChI=1S/C19H14FN5O5/c1-19(13-4-2-3-5-14(13)20)17(26)24(18(27)22-19)10-15-21-16(23-30-15)11-6-8-12(9-7-11)25(28)29/h2-9H,10H2,1H3,(H,22,27). The number of imide groups is 1. The van der Waals surface area contributed by atoms with E-state index in [2.05, 4.69) is 15.5 Å². The number of rotatable bonds is 5. The third-order valence-corrected chi connectivity index (χ3v) is 4.79. The quantitative estimate of drug-likeness (QED) is 0.388. The van der Waals surface area contributed by atoms with Crippen LogP contribution in [0.2, 0.25) is 0 Å². The van der Waals surface area contributed by atoms with Crippen molar-refractivity contribution in [3.8, 4) is 11.4 Å². The summed E-state index contributed by atoms with van der Waals surface area (Å²) in [4.78, 5) is 40.5. The lowest BCUT2D eigenvalue weighted by Gasteiger charge is -2.22. The summed E-state index contributed by atoms with van der Waals surface area (Å²) in [6.45, 7) is 1.11. The van der Waals surface area contributed by atoms with Crippen LogP contribution < -0.4 is 5.32 Å². The van der Waals surface area contributed by atoms with Crippen LogP contribution in [-0.2, 0) is 16.9 Å². The first-order valence-electron chi connectivity index (χ1n) is 8.76. The van der Waals surface area contributed by atoms with Crippen molar-refractivity contribution in [2.45, 2.75) is 19.0 Å². The van der Waals surface area contributed by atoms with Gasteiger partial charge in [0.15, 0.2) is 0 Å². The average molecular weight is 411 g/mol. The Bertz CT molecular complexity index is 1160. The number of aromatic nitrogens is 2. The van der Waals surface area contributed by atoms with Crippen LogP contribution in [0.15, 0.2) is 53.1 Å². The number of amides is 3. The molecule has 1 saturated heterocycles. The second-order valence-corrected chi connectivity index (χ2v) is 6.74. The van der Waals surface area contributed by atoms with Crippen LogP contribution in [-0.4, -0.2) is 31.9 Å². The Morgan fingerprint density at radius 1 is 1.20 bits per heavy atom. The van der Waals surface area contributed by atoms with Crippen molar-refractivity contribution in [3.05, 3.63) is 75.9 Å². The fourth-order valence-corrected chi connectivity index (χ4v) is 3.19. The van der Waals surface area contributed by atoms with Crippen LogP contribution in [0.1, 0.15) is 18.4 Å². The molecule has 10 nitrogen and oxygen atoms in total. The largest absolute Gasteiger partial charge is 0.337 e. The third-order valence-electron chi connectivity index (χ3n) is 4.79. The Kier molecular flexibility index (Phi) is 4.49. The Hall–Kier alpha value is -4.15. The number of benzene rings is 2. The molecule has 11 heteroatoms. The SMILES string of the molecule is CC1(c2ccccc2F)NC(=O)N(Cc2nc(-c3ccc([N+](=O)[O-])cc3)no2)C1=O. The molecule has 0 saturated carbocycles. The van der Waals surface area contributed by atoms with Crippen molar-refractivity contribution in [2.24, 2.45) is 0 Å². The van der Waals surface area contributed by atoms with Crippen molar-refractivity contribution in [1.29, 1.82) is 0 Å². The van der Waals surface area contributed by atoms with E-state index in [0.29, 0.717) is 5.56 Å². The predicted octanol–water partition coefficient (Wildman–Crippen LogP) is 2.75. The van der Waals surface area contributed by atoms with E-state index >= 15 is 0 Å². The summed E-state index contributed by atoms with van der Waals surface area (Å²) < 4.78 is 19.3. The molecule has 2 heterocycles. The second-order valence-electron chi connectivity index (χ2n) is 6.74. The first-order chi connectivity index (χ1) is 14.3. The highest BCUT2D eigenvalue weighted by Crippen LogP contribution is 2.31. The van der Waals surface area contributed by atoms with Crippen LogP contribution in [0.4, 0.5) is 14.9 Å². The maximum absolute atomic E-state index is 14.2. The maximum Gasteiger partial charge on any atom is 0.325 e. The lowest BCUT2D eigenvalue weighted by molar-refractivity contribution is -0.384. The minimum atomic E-state index is -1.57. The number of nitro groups is 1. The van der Waals surface area contributed by atoms with Gasteiger partial charge >= 0.3 is 6.03 Å². The first-order valence-corrected chi connectivity index (χ1v) is 8.76. The molecule has 1 aliphatic rings. The molecule has 1 unspecified atom stereocenters. The zero-order chi connectivity index (χ0) is 21.5. The molecule has 3 amide bonds. The van der Waals surface area contributed by atoms with Crippen LogP contribution in [0, 0.1) is 15.9 Å². The van der Waals surface area contributed by atoms with Crippen LogP contribution in [0.3, 0.4) is 0 Å². The average Bonchev–Trinajstić information content (AvgIpc) is 3.28. The molecule has 1 fully saturated rings. The van der Waals surface area contributed by atoms with Crippen molar-refractivity contribution in [3.63, 3.8) is 0 Å². The molecule has 4 rings (SSSR count). The van der Waals surface area contributed by atoms with Gasteiger partial charge in [-0.15, -0.1) is 0 Å². The molecule has 3 aromatic rings. The first kappa shape index (κ1) is 19.2. The molecule has 152 valence electrons. The molecule has 0 bridgehead atoms. The normalized spacial score (nSPS) is 18.5. The lowest BCUT2D eigenvalue weighted by atomic mass is 9.91. The van der Waals surface area contributed by atoms with Gasteiger partial charge in [-0.1, -0.05) is 23.4 Å². The Morgan fingerprint density at radius 3 is 2.57 bits per heavy atom. The van der Waals surface area contributed by atoms with Gasteiger partial charge in [-0.2, -0.15) is 4.98 Å².